The van der Waals surface area contributed by atoms with Crippen molar-refractivity contribution < 1.29 is 80.2 Å². The van der Waals surface area contributed by atoms with Gasteiger partial charge in [0.05, 0.1) is 26.4 Å². The molecular weight excluding hydrogens is 1020 g/mol. The first kappa shape index (κ1) is 74.1. The SMILES string of the molecule is CCCCCCCCCCCCCCC(=O)OC[C@H](COP(=O)(O)OC[C@@H](O)COP(=O)(O)OC[C@@H](COC(=O)CCCCCCC)OC(=O)CCCCCCCCC)OC(=O)CCCCCCCCCCCCCC. The van der Waals surface area contributed by atoms with Crippen molar-refractivity contribution in [2.75, 3.05) is 39.6 Å². The van der Waals surface area contributed by atoms with Crippen molar-refractivity contribution in [1.29, 1.82) is 0 Å². The van der Waals surface area contributed by atoms with Crippen LogP contribution >= 0.6 is 15.6 Å². The summed E-state index contributed by atoms with van der Waals surface area (Å²) in [6.07, 6.45) is 35.2. The van der Waals surface area contributed by atoms with Crippen LogP contribution in [-0.4, -0.2) is 96.7 Å². The van der Waals surface area contributed by atoms with Crippen LogP contribution in [0, 0.1) is 0 Å². The minimum Gasteiger partial charge on any atom is -0.462 e. The Kier molecular flexibility index (Phi) is 51.1. The molecule has 0 aromatic rings. The van der Waals surface area contributed by atoms with E-state index in [9.17, 15) is 43.2 Å². The zero-order valence-electron chi connectivity index (χ0n) is 48.2. The fourth-order valence-electron chi connectivity index (χ4n) is 8.40. The molecule has 0 aromatic carbocycles. The molecule has 3 N–H and O–H groups in total. The van der Waals surface area contributed by atoms with Crippen LogP contribution in [0.25, 0.3) is 0 Å². The Bertz CT molecular complexity index is 1490. The summed E-state index contributed by atoms with van der Waals surface area (Å²) in [6.45, 7) is 4.71. The van der Waals surface area contributed by atoms with E-state index in [1.165, 1.54) is 96.3 Å². The zero-order valence-corrected chi connectivity index (χ0v) is 50.0. The molecule has 17 nitrogen and oxygen atoms in total. The second kappa shape index (κ2) is 52.4. The van der Waals surface area contributed by atoms with Crippen molar-refractivity contribution in [3.05, 3.63) is 0 Å². The van der Waals surface area contributed by atoms with E-state index in [0.717, 1.165) is 109 Å². The zero-order chi connectivity index (χ0) is 56.2. The number of aliphatic hydroxyl groups excluding tert-OH is 1. The Morgan fingerprint density at radius 2 is 0.526 bits per heavy atom. The van der Waals surface area contributed by atoms with Crippen LogP contribution in [0.2, 0.25) is 0 Å². The highest BCUT2D eigenvalue weighted by molar-refractivity contribution is 7.47. The molecule has 0 bridgehead atoms. The van der Waals surface area contributed by atoms with E-state index >= 15 is 0 Å². The second-order valence-corrected chi connectivity index (χ2v) is 23.6. The molecule has 0 saturated heterocycles. The van der Waals surface area contributed by atoms with Crippen molar-refractivity contribution in [2.24, 2.45) is 0 Å². The van der Waals surface area contributed by atoms with E-state index in [0.29, 0.717) is 25.7 Å². The molecule has 0 heterocycles. The molecule has 0 aromatic heterocycles. The lowest BCUT2D eigenvalue weighted by molar-refractivity contribution is -0.161. The summed E-state index contributed by atoms with van der Waals surface area (Å²) >= 11 is 0. The summed E-state index contributed by atoms with van der Waals surface area (Å²) in [6, 6.07) is 0. The van der Waals surface area contributed by atoms with Gasteiger partial charge in [0.15, 0.2) is 12.2 Å². The van der Waals surface area contributed by atoms with Crippen LogP contribution in [-0.2, 0) is 65.4 Å². The number of esters is 4. The lowest BCUT2D eigenvalue weighted by Gasteiger charge is -2.21. The van der Waals surface area contributed by atoms with Crippen LogP contribution in [0.5, 0.6) is 0 Å². The predicted molar refractivity (Wildman–Crippen MR) is 299 cm³/mol. The number of phosphoric ester groups is 2. The molecule has 19 heteroatoms. The first-order chi connectivity index (χ1) is 36.7. The van der Waals surface area contributed by atoms with E-state index in [-0.39, 0.29) is 25.7 Å². The van der Waals surface area contributed by atoms with Gasteiger partial charge in [0.25, 0.3) is 0 Å². The van der Waals surface area contributed by atoms with E-state index < -0.39 is 97.5 Å². The Balaban J connectivity index is 5.16. The largest absolute Gasteiger partial charge is 0.472 e. The molecule has 0 aliphatic carbocycles. The Hall–Kier alpha value is -1.94. The van der Waals surface area contributed by atoms with Crippen molar-refractivity contribution in [3.8, 4) is 0 Å². The van der Waals surface area contributed by atoms with Gasteiger partial charge in [0.2, 0.25) is 0 Å². The van der Waals surface area contributed by atoms with Gasteiger partial charge in [-0.25, -0.2) is 9.13 Å². The van der Waals surface area contributed by atoms with Crippen LogP contribution < -0.4 is 0 Å². The number of carbonyl (C=O) groups excluding carboxylic acids is 4. The van der Waals surface area contributed by atoms with Gasteiger partial charge in [-0.2, -0.15) is 0 Å². The fraction of sp³-hybridized carbons (Fsp3) is 0.930. The highest BCUT2D eigenvalue weighted by Gasteiger charge is 2.30. The minimum atomic E-state index is -4.93. The molecule has 0 fully saturated rings. The number of aliphatic hydroxyl groups is 1. The van der Waals surface area contributed by atoms with Crippen molar-refractivity contribution in [1.82, 2.24) is 0 Å². The molecule has 450 valence electrons. The third-order valence-corrected chi connectivity index (χ3v) is 15.0. The van der Waals surface area contributed by atoms with E-state index in [2.05, 4.69) is 27.7 Å². The number of phosphoric acid groups is 2. The van der Waals surface area contributed by atoms with E-state index in [1.54, 1.807) is 0 Å². The van der Waals surface area contributed by atoms with Crippen LogP contribution in [0.15, 0.2) is 0 Å². The number of carbonyl (C=O) groups is 4. The molecule has 5 atom stereocenters. The van der Waals surface area contributed by atoms with Crippen molar-refractivity contribution >= 4 is 39.5 Å². The Labute approximate surface area is 460 Å². The summed E-state index contributed by atoms with van der Waals surface area (Å²) in [7, 11) is -9.86. The highest BCUT2D eigenvalue weighted by Crippen LogP contribution is 2.45. The van der Waals surface area contributed by atoms with Gasteiger partial charge in [-0.1, -0.05) is 233 Å². The van der Waals surface area contributed by atoms with Crippen LogP contribution in [0.3, 0.4) is 0 Å². The first-order valence-corrected chi connectivity index (χ1v) is 33.3. The molecule has 0 saturated carbocycles. The summed E-state index contributed by atoms with van der Waals surface area (Å²) in [5.74, 6) is -2.16. The van der Waals surface area contributed by atoms with Gasteiger partial charge in [-0.3, -0.25) is 37.3 Å². The smallest absolute Gasteiger partial charge is 0.462 e. The maximum Gasteiger partial charge on any atom is 0.472 e. The van der Waals surface area contributed by atoms with Crippen molar-refractivity contribution in [2.45, 2.75) is 303 Å². The van der Waals surface area contributed by atoms with Crippen LogP contribution in [0.4, 0.5) is 0 Å². The maximum absolute atomic E-state index is 12.9. The van der Waals surface area contributed by atoms with Crippen molar-refractivity contribution in [3.63, 3.8) is 0 Å². The van der Waals surface area contributed by atoms with Crippen LogP contribution in [0.1, 0.15) is 285 Å². The molecular formula is C57H110O17P2. The summed E-state index contributed by atoms with van der Waals surface area (Å²) in [4.78, 5) is 71.5. The Morgan fingerprint density at radius 1 is 0.316 bits per heavy atom. The second-order valence-electron chi connectivity index (χ2n) is 20.7. The summed E-state index contributed by atoms with van der Waals surface area (Å²) in [5.41, 5.74) is 0. The maximum atomic E-state index is 12.9. The lowest BCUT2D eigenvalue weighted by atomic mass is 10.0. The monoisotopic (exact) mass is 1130 g/mol. The molecule has 0 spiro atoms. The lowest BCUT2D eigenvalue weighted by Crippen LogP contribution is -2.30. The molecule has 0 aliphatic rings. The van der Waals surface area contributed by atoms with Gasteiger partial charge in [0, 0.05) is 25.7 Å². The van der Waals surface area contributed by atoms with Gasteiger partial charge in [-0.05, 0) is 25.7 Å². The normalized spacial score (nSPS) is 14.4. The Morgan fingerprint density at radius 3 is 0.776 bits per heavy atom. The standard InChI is InChI=1S/C57H110O17P2/c1-5-9-13-17-20-22-24-26-28-31-34-38-42-55(60)68-48-53(74-57(62)44-40-36-32-29-27-25-23-21-18-14-10-6-2)50-72-76(65,66)70-46-51(58)45-69-75(63,64)71-49-52(47-67-54(59)41-37-33-16-12-8-4)73-56(61)43-39-35-30-19-15-11-7-3/h51-53,58H,5-50H2,1-4H3,(H,63,64)(H,65,66)/t51-,52+,53+/m0/s1. The van der Waals surface area contributed by atoms with Gasteiger partial charge >= 0.3 is 39.5 Å². The number of hydrogen-bond acceptors (Lipinski definition) is 15. The molecule has 0 radical (unpaired) electrons. The molecule has 0 amide bonds. The first-order valence-electron chi connectivity index (χ1n) is 30.3. The summed E-state index contributed by atoms with van der Waals surface area (Å²) in [5, 5.41) is 10.5. The van der Waals surface area contributed by atoms with Gasteiger partial charge < -0.3 is 33.8 Å². The van der Waals surface area contributed by atoms with Gasteiger partial charge in [0.1, 0.15) is 19.3 Å². The third-order valence-electron chi connectivity index (χ3n) is 13.1. The highest BCUT2D eigenvalue weighted by atomic mass is 31.2. The third kappa shape index (κ3) is 51.5. The summed E-state index contributed by atoms with van der Waals surface area (Å²) < 4.78 is 67.4. The fourth-order valence-corrected chi connectivity index (χ4v) is 9.98. The topological polar surface area (TPSA) is 237 Å². The van der Waals surface area contributed by atoms with E-state index in [1.807, 2.05) is 0 Å². The molecule has 0 rings (SSSR count). The molecule has 76 heavy (non-hydrogen) atoms. The predicted octanol–water partition coefficient (Wildman–Crippen LogP) is 15.2. The average molecular weight is 1130 g/mol. The molecule has 0 aliphatic heterocycles. The van der Waals surface area contributed by atoms with Gasteiger partial charge in [-0.15, -0.1) is 0 Å². The number of unbranched alkanes of at least 4 members (excludes halogenated alkanes) is 32. The number of hydrogen-bond donors (Lipinski definition) is 3. The quantitative estimate of drug-likeness (QED) is 0.0222. The number of rotatable bonds is 58. The average Bonchev–Trinajstić information content (AvgIpc) is 3.39. The number of ether oxygens (including phenoxy) is 4. The minimum absolute atomic E-state index is 0.103. The molecule has 2 unspecified atom stereocenters. The van der Waals surface area contributed by atoms with E-state index in [4.69, 9.17) is 37.0 Å².